The smallest absolute Gasteiger partial charge is 0.271 e. The molecule has 8 heteroatoms. The van der Waals surface area contributed by atoms with Crippen molar-refractivity contribution in [2.24, 2.45) is 10.2 Å². The zero-order chi connectivity index (χ0) is 23.1. The van der Waals surface area contributed by atoms with E-state index in [1.54, 1.807) is 67.6 Å². The molecule has 0 bridgehead atoms. The number of amides is 2. The number of nitrogens with one attached hydrogen (secondary N) is 2. The first-order valence-electron chi connectivity index (χ1n) is 9.73. The number of phenolic OH excluding ortho intramolecular Hbond substituents is 2. The minimum Gasteiger partial charge on any atom is -0.507 e. The Kier molecular flexibility index (Phi) is 6.97. The van der Waals surface area contributed by atoms with Gasteiger partial charge in [0.15, 0.2) is 0 Å². The number of nitrogens with zero attached hydrogens (tertiary/aromatic N) is 2. The van der Waals surface area contributed by atoms with Gasteiger partial charge in [0.05, 0.1) is 17.0 Å². The molecule has 0 spiro atoms. The van der Waals surface area contributed by atoms with E-state index in [1.807, 2.05) is 0 Å². The van der Waals surface area contributed by atoms with Crippen molar-refractivity contribution in [3.05, 3.63) is 95.1 Å². The minimum absolute atomic E-state index is 0.0415. The van der Waals surface area contributed by atoms with Crippen molar-refractivity contribution in [2.45, 2.75) is 13.8 Å². The second kappa shape index (κ2) is 10.0. The first-order chi connectivity index (χ1) is 15.4. The molecule has 0 saturated heterocycles. The minimum atomic E-state index is -0.429. The van der Waals surface area contributed by atoms with Gasteiger partial charge in [-0.3, -0.25) is 9.59 Å². The molecule has 0 atom stereocenters. The van der Waals surface area contributed by atoms with Gasteiger partial charge in [-0.05, 0) is 50.2 Å². The Morgan fingerprint density at radius 2 is 1.16 bits per heavy atom. The summed E-state index contributed by atoms with van der Waals surface area (Å²) < 4.78 is 0. The van der Waals surface area contributed by atoms with Crippen molar-refractivity contribution in [2.75, 3.05) is 0 Å². The lowest BCUT2D eigenvalue weighted by atomic mass is 10.0. The topological polar surface area (TPSA) is 123 Å². The van der Waals surface area contributed by atoms with Gasteiger partial charge in [0.2, 0.25) is 0 Å². The summed E-state index contributed by atoms with van der Waals surface area (Å²) in [5.41, 5.74) is 6.52. The average Bonchev–Trinajstić information content (AvgIpc) is 2.82. The van der Waals surface area contributed by atoms with Gasteiger partial charge in [0.25, 0.3) is 11.8 Å². The monoisotopic (exact) mass is 430 g/mol. The van der Waals surface area contributed by atoms with Gasteiger partial charge in [-0.1, -0.05) is 36.4 Å². The van der Waals surface area contributed by atoms with Crippen LogP contribution in [0.15, 0.2) is 83.0 Å². The first kappa shape index (κ1) is 22.2. The molecule has 32 heavy (non-hydrogen) atoms. The molecule has 0 aromatic heterocycles. The summed E-state index contributed by atoms with van der Waals surface area (Å²) >= 11 is 0. The summed E-state index contributed by atoms with van der Waals surface area (Å²) in [4.78, 5) is 24.4. The van der Waals surface area contributed by atoms with Gasteiger partial charge >= 0.3 is 0 Å². The molecule has 0 saturated carbocycles. The van der Waals surface area contributed by atoms with E-state index in [0.717, 1.165) is 0 Å². The van der Waals surface area contributed by atoms with Gasteiger partial charge < -0.3 is 10.2 Å². The summed E-state index contributed by atoms with van der Waals surface area (Å²) in [5, 5.41) is 29.0. The average molecular weight is 430 g/mol. The second-order valence-electron chi connectivity index (χ2n) is 6.86. The molecule has 0 heterocycles. The van der Waals surface area contributed by atoms with E-state index >= 15 is 0 Å². The zero-order valence-electron chi connectivity index (χ0n) is 17.5. The summed E-state index contributed by atoms with van der Waals surface area (Å²) in [5.74, 6) is -1.33. The van der Waals surface area contributed by atoms with Gasteiger partial charge in [0, 0.05) is 16.7 Å². The van der Waals surface area contributed by atoms with Gasteiger partial charge in [-0.25, -0.2) is 10.9 Å². The van der Waals surface area contributed by atoms with Crippen LogP contribution in [0.2, 0.25) is 0 Å². The van der Waals surface area contributed by atoms with E-state index in [1.165, 1.54) is 19.1 Å². The van der Waals surface area contributed by atoms with Crippen molar-refractivity contribution < 1.29 is 19.8 Å². The van der Waals surface area contributed by atoms with Crippen molar-refractivity contribution >= 4 is 23.2 Å². The molecular formula is C24H22N4O4. The standard InChI is InChI=1S/C24H22N4O4/c1-15(25-27-23(31)17-9-5-3-6-10-17)19-13-14-20(29)21(22(19)30)16(2)26-28-24(32)18-11-7-4-8-12-18/h3-14,29-30H,1-2H3,(H,27,31)(H,28,32)/b25-15+,26-16+. The molecule has 0 aliphatic heterocycles. The lowest BCUT2D eigenvalue weighted by molar-refractivity contribution is 0.0947. The van der Waals surface area contributed by atoms with Crippen LogP contribution < -0.4 is 10.9 Å². The lowest BCUT2D eigenvalue weighted by Gasteiger charge is -2.12. The number of rotatable bonds is 6. The number of benzene rings is 3. The second-order valence-corrected chi connectivity index (χ2v) is 6.86. The fourth-order valence-corrected chi connectivity index (χ4v) is 2.92. The highest BCUT2D eigenvalue weighted by atomic mass is 16.3. The van der Waals surface area contributed by atoms with Crippen LogP contribution in [-0.4, -0.2) is 33.5 Å². The van der Waals surface area contributed by atoms with Crippen molar-refractivity contribution in [3.63, 3.8) is 0 Å². The quantitative estimate of drug-likeness (QED) is 0.353. The van der Waals surface area contributed by atoms with Crippen LogP contribution in [0.4, 0.5) is 0 Å². The molecule has 0 radical (unpaired) electrons. The van der Waals surface area contributed by atoms with Crippen molar-refractivity contribution in [1.82, 2.24) is 10.9 Å². The molecule has 0 aliphatic rings. The fraction of sp³-hybridized carbons (Fsp3) is 0.0833. The van der Waals surface area contributed by atoms with Crippen LogP contribution in [0.5, 0.6) is 11.5 Å². The van der Waals surface area contributed by atoms with Crippen LogP contribution in [0, 0.1) is 0 Å². The SMILES string of the molecule is C/C(=N\NC(=O)c1ccccc1)c1ccc(O)c(/C(C)=N/NC(=O)c2ccccc2)c1O. The zero-order valence-corrected chi connectivity index (χ0v) is 17.5. The Balaban J connectivity index is 1.81. The molecule has 3 aromatic rings. The predicted molar refractivity (Wildman–Crippen MR) is 122 cm³/mol. The molecule has 0 unspecified atom stereocenters. The maximum atomic E-state index is 12.2. The Labute approximate surface area is 184 Å². The largest absolute Gasteiger partial charge is 0.507 e. The molecule has 0 fully saturated rings. The number of hydrazone groups is 2. The molecule has 8 nitrogen and oxygen atoms in total. The fourth-order valence-electron chi connectivity index (χ4n) is 2.92. The Bertz CT molecular complexity index is 1190. The lowest BCUT2D eigenvalue weighted by Crippen LogP contribution is -2.20. The number of phenols is 2. The number of carbonyl (C=O) groups excluding carboxylic acids is 2. The van der Waals surface area contributed by atoms with E-state index in [4.69, 9.17) is 0 Å². The van der Waals surface area contributed by atoms with E-state index in [9.17, 15) is 19.8 Å². The first-order valence-corrected chi connectivity index (χ1v) is 9.73. The number of aromatic hydroxyl groups is 2. The molecule has 3 aromatic carbocycles. The van der Waals surface area contributed by atoms with Crippen LogP contribution in [-0.2, 0) is 0 Å². The van der Waals surface area contributed by atoms with Crippen LogP contribution >= 0.6 is 0 Å². The molecule has 3 rings (SSSR count). The van der Waals surface area contributed by atoms with Crippen LogP contribution in [0.3, 0.4) is 0 Å². The number of carbonyl (C=O) groups is 2. The van der Waals surface area contributed by atoms with Gasteiger partial charge in [0.1, 0.15) is 11.5 Å². The summed E-state index contributed by atoms with van der Waals surface area (Å²) in [6.07, 6.45) is 0. The third-order valence-corrected chi connectivity index (χ3v) is 4.63. The van der Waals surface area contributed by atoms with E-state index < -0.39 is 11.8 Å². The molecular weight excluding hydrogens is 408 g/mol. The summed E-state index contributed by atoms with van der Waals surface area (Å²) in [7, 11) is 0. The summed E-state index contributed by atoms with van der Waals surface area (Å²) in [6.45, 7) is 3.14. The highest BCUT2D eigenvalue weighted by Gasteiger charge is 2.17. The third-order valence-electron chi connectivity index (χ3n) is 4.63. The number of hydrogen-bond acceptors (Lipinski definition) is 6. The van der Waals surface area contributed by atoms with Gasteiger partial charge in [-0.2, -0.15) is 10.2 Å². The Hall–Kier alpha value is -4.46. The molecule has 0 aliphatic carbocycles. The van der Waals surface area contributed by atoms with E-state index in [2.05, 4.69) is 21.1 Å². The van der Waals surface area contributed by atoms with E-state index in [-0.39, 0.29) is 28.3 Å². The van der Waals surface area contributed by atoms with Crippen LogP contribution in [0.25, 0.3) is 0 Å². The number of hydrogen-bond donors (Lipinski definition) is 4. The van der Waals surface area contributed by atoms with Gasteiger partial charge in [-0.15, -0.1) is 0 Å². The van der Waals surface area contributed by atoms with E-state index in [0.29, 0.717) is 16.8 Å². The summed E-state index contributed by atoms with van der Waals surface area (Å²) in [6, 6.07) is 19.9. The highest BCUT2D eigenvalue weighted by molar-refractivity contribution is 6.10. The molecule has 4 N–H and O–H groups in total. The normalized spacial score (nSPS) is 11.7. The van der Waals surface area contributed by atoms with Crippen molar-refractivity contribution in [1.29, 1.82) is 0 Å². The van der Waals surface area contributed by atoms with Crippen LogP contribution in [0.1, 0.15) is 45.7 Å². The highest BCUT2D eigenvalue weighted by Crippen LogP contribution is 2.31. The van der Waals surface area contributed by atoms with Crippen molar-refractivity contribution in [3.8, 4) is 11.5 Å². The Morgan fingerprint density at radius 3 is 1.66 bits per heavy atom. The molecule has 162 valence electrons. The predicted octanol–water partition coefficient (Wildman–Crippen LogP) is 3.41. The third kappa shape index (κ3) is 5.17. The maximum Gasteiger partial charge on any atom is 0.271 e. The molecule has 2 amide bonds. The maximum absolute atomic E-state index is 12.2. The Morgan fingerprint density at radius 1 is 0.688 bits per heavy atom.